The molecule has 1 aliphatic rings. The van der Waals surface area contributed by atoms with Gasteiger partial charge in [0.2, 0.25) is 5.75 Å². The molecule has 4 rings (SSSR count). The van der Waals surface area contributed by atoms with Crippen molar-refractivity contribution >= 4 is 17.1 Å². The predicted molar refractivity (Wildman–Crippen MR) is 189 cm³/mol. The number of fused-ring (bicyclic) bond motifs is 1. The SMILES string of the molecule is COc1ccc(C2=C[C@H](CC(=O)C(CC(=O)C(O)C(N)Cc3ccccc3)CC(C)C)CCc3c2cc(OC)c(OC)c3OC)cc1C. The van der Waals surface area contributed by atoms with Gasteiger partial charge in [0, 0.05) is 30.4 Å². The molecule has 0 saturated heterocycles. The lowest BCUT2D eigenvalue weighted by atomic mass is 9.82. The minimum Gasteiger partial charge on any atom is -0.496 e. The predicted octanol–water partition coefficient (Wildman–Crippen LogP) is 6.54. The maximum Gasteiger partial charge on any atom is 0.203 e. The van der Waals surface area contributed by atoms with Crippen molar-refractivity contribution < 1.29 is 33.6 Å². The Morgan fingerprint density at radius 1 is 0.896 bits per heavy atom. The smallest absolute Gasteiger partial charge is 0.203 e. The highest BCUT2D eigenvalue weighted by atomic mass is 16.5. The van der Waals surface area contributed by atoms with Gasteiger partial charge in [-0.1, -0.05) is 56.3 Å². The van der Waals surface area contributed by atoms with Crippen LogP contribution in [0.3, 0.4) is 0 Å². The fourth-order valence-electron chi connectivity index (χ4n) is 6.82. The highest BCUT2D eigenvalue weighted by Crippen LogP contribution is 2.48. The first-order valence-corrected chi connectivity index (χ1v) is 16.7. The molecule has 1 aliphatic carbocycles. The first-order valence-electron chi connectivity index (χ1n) is 16.7. The number of aliphatic hydroxyl groups is 1. The quantitative estimate of drug-likeness (QED) is 0.179. The lowest BCUT2D eigenvalue weighted by Crippen LogP contribution is -2.43. The number of allylic oxidation sites excluding steroid dienone is 1. The minimum atomic E-state index is -1.35. The average molecular weight is 658 g/mol. The van der Waals surface area contributed by atoms with E-state index in [1.165, 1.54) is 0 Å². The molecule has 0 bridgehead atoms. The van der Waals surface area contributed by atoms with Gasteiger partial charge in [-0.3, -0.25) is 9.59 Å². The summed E-state index contributed by atoms with van der Waals surface area (Å²) in [6.45, 7) is 6.09. The van der Waals surface area contributed by atoms with Crippen molar-refractivity contribution in [3.8, 4) is 23.0 Å². The van der Waals surface area contributed by atoms with Crippen molar-refractivity contribution in [1.29, 1.82) is 0 Å². The second-order valence-corrected chi connectivity index (χ2v) is 13.2. The molecule has 0 amide bonds. The third-order valence-corrected chi connectivity index (χ3v) is 9.27. The summed E-state index contributed by atoms with van der Waals surface area (Å²) >= 11 is 0. The number of hydrogen-bond donors (Lipinski definition) is 2. The lowest BCUT2D eigenvalue weighted by molar-refractivity contribution is -0.133. The molecule has 0 saturated carbocycles. The van der Waals surface area contributed by atoms with Crippen LogP contribution in [0.5, 0.6) is 23.0 Å². The number of benzene rings is 3. The third kappa shape index (κ3) is 8.65. The zero-order valence-electron chi connectivity index (χ0n) is 29.4. The summed E-state index contributed by atoms with van der Waals surface area (Å²) < 4.78 is 22.9. The molecule has 0 radical (unpaired) electrons. The van der Waals surface area contributed by atoms with Gasteiger partial charge in [0.25, 0.3) is 0 Å². The van der Waals surface area contributed by atoms with E-state index in [2.05, 4.69) is 12.1 Å². The number of nitrogens with two attached hydrogens (primary N) is 1. The Balaban J connectivity index is 1.65. The number of ketones is 2. The number of hydrogen-bond acceptors (Lipinski definition) is 8. The summed E-state index contributed by atoms with van der Waals surface area (Å²) in [6.07, 6.45) is 3.32. The summed E-state index contributed by atoms with van der Waals surface area (Å²) in [5, 5.41) is 10.9. The van der Waals surface area contributed by atoms with Crippen LogP contribution in [0.2, 0.25) is 0 Å². The van der Waals surface area contributed by atoms with Gasteiger partial charge in [-0.15, -0.1) is 0 Å². The number of methoxy groups -OCH3 is 4. The average Bonchev–Trinajstić information content (AvgIpc) is 3.25. The van der Waals surface area contributed by atoms with E-state index in [-0.39, 0.29) is 36.2 Å². The molecule has 0 heterocycles. The van der Waals surface area contributed by atoms with Crippen molar-refractivity contribution in [2.24, 2.45) is 23.5 Å². The molecule has 3 N–H and O–H groups in total. The van der Waals surface area contributed by atoms with Crippen LogP contribution in [0.15, 0.2) is 60.7 Å². The van der Waals surface area contributed by atoms with Crippen LogP contribution >= 0.6 is 0 Å². The van der Waals surface area contributed by atoms with Crippen molar-refractivity contribution in [3.05, 3.63) is 88.5 Å². The number of rotatable bonds is 16. The third-order valence-electron chi connectivity index (χ3n) is 9.27. The first kappa shape index (κ1) is 36.7. The summed E-state index contributed by atoms with van der Waals surface area (Å²) in [7, 11) is 6.47. The van der Waals surface area contributed by atoms with E-state index in [0.717, 1.165) is 39.1 Å². The molecule has 48 heavy (non-hydrogen) atoms. The van der Waals surface area contributed by atoms with Gasteiger partial charge >= 0.3 is 0 Å². The Kier molecular flexibility index (Phi) is 12.8. The topological polar surface area (TPSA) is 117 Å². The van der Waals surface area contributed by atoms with Gasteiger partial charge in [-0.25, -0.2) is 0 Å². The number of carbonyl (C=O) groups is 2. The second kappa shape index (κ2) is 16.8. The van der Waals surface area contributed by atoms with E-state index in [1.807, 2.05) is 69.3 Å². The number of ether oxygens (including phenoxy) is 4. The molecule has 8 heteroatoms. The molecule has 3 aromatic carbocycles. The second-order valence-electron chi connectivity index (χ2n) is 13.2. The highest BCUT2D eigenvalue weighted by Gasteiger charge is 2.32. The Labute approximate surface area is 285 Å². The molecule has 0 fully saturated rings. The molecule has 3 aromatic rings. The highest BCUT2D eigenvalue weighted by molar-refractivity contribution is 5.91. The zero-order chi connectivity index (χ0) is 35.0. The van der Waals surface area contributed by atoms with Gasteiger partial charge in [0.1, 0.15) is 17.6 Å². The number of aryl methyl sites for hydroxylation is 1. The van der Waals surface area contributed by atoms with Gasteiger partial charge in [0.05, 0.1) is 28.4 Å². The van der Waals surface area contributed by atoms with Crippen LogP contribution in [0.1, 0.15) is 67.3 Å². The summed E-state index contributed by atoms with van der Waals surface area (Å²) in [6, 6.07) is 16.8. The summed E-state index contributed by atoms with van der Waals surface area (Å²) in [5.74, 6) is 1.67. The first-order chi connectivity index (χ1) is 23.0. The molecule has 0 aliphatic heterocycles. The fraction of sp³-hybridized carbons (Fsp3) is 0.450. The maximum absolute atomic E-state index is 14.1. The molecule has 8 nitrogen and oxygen atoms in total. The molecular formula is C40H51NO7. The van der Waals surface area contributed by atoms with Crippen molar-refractivity contribution in [3.63, 3.8) is 0 Å². The van der Waals surface area contributed by atoms with Crippen molar-refractivity contribution in [1.82, 2.24) is 0 Å². The van der Waals surface area contributed by atoms with Crippen LogP contribution in [-0.2, 0) is 22.4 Å². The van der Waals surface area contributed by atoms with E-state index in [4.69, 9.17) is 24.7 Å². The molecule has 4 atom stereocenters. The number of aliphatic hydroxyl groups excluding tert-OH is 1. The minimum absolute atomic E-state index is 0.0143. The standard InChI is InChI=1S/C40H51NO7/c1-24(2)17-29(22-35(43)38(44)33(41)20-26-11-9-8-10-12-26)34(42)21-27-13-15-30-32(23-37(46-5)40(48-7)39(30)47-6)31(19-27)28-14-16-36(45-4)25(3)18-28/h8-12,14,16,18-19,23-24,27,29,33,38,44H,13,15,17,20-22,41H2,1-7H3/t27-,29?,33?,38?/m1/s1. The Morgan fingerprint density at radius 3 is 2.19 bits per heavy atom. The van der Waals surface area contributed by atoms with Crippen LogP contribution < -0.4 is 24.7 Å². The Hall–Kier alpha value is -4.14. The van der Waals surface area contributed by atoms with E-state index in [0.29, 0.717) is 42.9 Å². The normalized spacial score (nSPS) is 16.2. The van der Waals surface area contributed by atoms with Crippen molar-refractivity contribution in [2.45, 2.75) is 71.4 Å². The number of Topliss-reactive ketones (excluding diaryl/α,β-unsaturated/α-hetero) is 2. The van der Waals surface area contributed by atoms with E-state index in [9.17, 15) is 14.7 Å². The summed E-state index contributed by atoms with van der Waals surface area (Å²) in [4.78, 5) is 27.4. The molecule has 258 valence electrons. The van der Waals surface area contributed by atoms with Gasteiger partial charge in [-0.05, 0) is 90.5 Å². The van der Waals surface area contributed by atoms with Crippen LogP contribution in [0.25, 0.3) is 5.57 Å². The van der Waals surface area contributed by atoms with Gasteiger partial charge in [-0.2, -0.15) is 0 Å². The Morgan fingerprint density at radius 2 is 1.58 bits per heavy atom. The van der Waals surface area contributed by atoms with Crippen LogP contribution in [0, 0.1) is 24.7 Å². The van der Waals surface area contributed by atoms with Crippen LogP contribution in [-0.4, -0.2) is 57.3 Å². The number of carbonyl (C=O) groups excluding carboxylic acids is 2. The van der Waals surface area contributed by atoms with E-state index >= 15 is 0 Å². The zero-order valence-corrected chi connectivity index (χ0v) is 29.4. The maximum atomic E-state index is 14.1. The Bertz CT molecular complexity index is 1600. The molecule has 3 unspecified atom stereocenters. The van der Waals surface area contributed by atoms with E-state index < -0.39 is 18.1 Å². The molecular weight excluding hydrogens is 606 g/mol. The largest absolute Gasteiger partial charge is 0.496 e. The van der Waals surface area contributed by atoms with Crippen molar-refractivity contribution in [2.75, 3.05) is 28.4 Å². The monoisotopic (exact) mass is 657 g/mol. The molecule has 0 aromatic heterocycles. The van der Waals surface area contributed by atoms with E-state index in [1.54, 1.807) is 28.4 Å². The fourth-order valence-corrected chi connectivity index (χ4v) is 6.82. The van der Waals surface area contributed by atoms with Crippen LogP contribution in [0.4, 0.5) is 0 Å². The van der Waals surface area contributed by atoms with Gasteiger partial charge < -0.3 is 29.8 Å². The summed E-state index contributed by atoms with van der Waals surface area (Å²) in [5.41, 5.74) is 12.1. The lowest BCUT2D eigenvalue weighted by Gasteiger charge is -2.23. The van der Waals surface area contributed by atoms with Gasteiger partial charge in [0.15, 0.2) is 17.3 Å². The molecule has 0 spiro atoms.